The van der Waals surface area contributed by atoms with Gasteiger partial charge in [-0.05, 0) is 5.04 Å². The molecule has 0 rings (SSSR count). The van der Waals surface area contributed by atoms with Crippen molar-refractivity contribution in [2.24, 2.45) is 5.40 Å². The molecule has 0 aliphatic rings. The fraction of sp³-hybridized carbons (Fsp3) is 1.00. The van der Waals surface area contributed by atoms with Crippen molar-refractivity contribution in [3.63, 3.8) is 0 Å². The average molecular weight is 119 g/mol. The van der Waals surface area contributed by atoms with Crippen LogP contribution in [0.2, 0.25) is 5.04 Å². The standard InChI is InChI=1S/C4H13NOSi/c1-4(2,3)7(5)6/h6-7H,5H2,1-3H3/t7-/m0/s1. The Kier molecular flexibility index (Phi) is 1.98. The molecule has 0 aromatic heterocycles. The third kappa shape index (κ3) is 2.79. The minimum absolute atomic E-state index is 0.0278. The molecule has 0 fully saturated rings. The van der Waals surface area contributed by atoms with Crippen LogP contribution in [0.4, 0.5) is 0 Å². The highest BCUT2D eigenvalue weighted by Crippen LogP contribution is 2.21. The molecule has 44 valence electrons. The van der Waals surface area contributed by atoms with E-state index in [-0.39, 0.29) is 5.04 Å². The van der Waals surface area contributed by atoms with Crippen LogP contribution in [0, 0.1) is 0 Å². The SMILES string of the molecule is CC(C)(C)[Si@@H](N)O. The molecule has 1 atom stereocenters. The van der Waals surface area contributed by atoms with Gasteiger partial charge in [0.1, 0.15) is 0 Å². The first-order valence-electron chi connectivity index (χ1n) is 2.38. The van der Waals surface area contributed by atoms with E-state index in [1.807, 2.05) is 20.8 Å². The topological polar surface area (TPSA) is 46.2 Å². The monoisotopic (exact) mass is 119 g/mol. The lowest BCUT2D eigenvalue weighted by Gasteiger charge is -2.18. The molecule has 0 unspecified atom stereocenters. The predicted octanol–water partition coefficient (Wildman–Crippen LogP) is -0.0420. The van der Waals surface area contributed by atoms with E-state index >= 15 is 0 Å². The number of rotatable bonds is 0. The van der Waals surface area contributed by atoms with Crippen LogP contribution in [0.1, 0.15) is 20.8 Å². The van der Waals surface area contributed by atoms with Gasteiger partial charge in [0.2, 0.25) is 0 Å². The van der Waals surface area contributed by atoms with Crippen molar-refractivity contribution in [1.29, 1.82) is 0 Å². The van der Waals surface area contributed by atoms with Gasteiger partial charge in [-0.25, -0.2) is 0 Å². The van der Waals surface area contributed by atoms with Gasteiger partial charge < -0.3 is 10.2 Å². The van der Waals surface area contributed by atoms with Crippen molar-refractivity contribution >= 4 is 9.20 Å². The van der Waals surface area contributed by atoms with E-state index in [1.165, 1.54) is 0 Å². The normalized spacial score (nSPS) is 16.7. The summed E-state index contributed by atoms with van der Waals surface area (Å²) in [4.78, 5) is 8.81. The van der Waals surface area contributed by atoms with Crippen LogP contribution in [0.3, 0.4) is 0 Å². The molecule has 2 nitrogen and oxygen atoms in total. The lowest BCUT2D eigenvalue weighted by Crippen LogP contribution is -2.35. The Morgan fingerprint density at radius 1 is 1.43 bits per heavy atom. The average Bonchev–Trinajstić information content (AvgIpc) is 1.31. The molecule has 0 amide bonds. The summed E-state index contributed by atoms with van der Waals surface area (Å²) in [6, 6.07) is 0. The Morgan fingerprint density at radius 2 is 1.57 bits per heavy atom. The molecule has 0 saturated heterocycles. The third-order valence-electron chi connectivity index (χ3n) is 0.887. The lowest BCUT2D eigenvalue weighted by molar-refractivity contribution is 0.511. The molecule has 3 N–H and O–H groups in total. The fourth-order valence-corrected chi connectivity index (χ4v) is 0. The number of hydrogen-bond donors (Lipinski definition) is 2. The van der Waals surface area contributed by atoms with Crippen LogP contribution in [-0.2, 0) is 0 Å². The minimum Gasteiger partial charge on any atom is -0.421 e. The Labute approximate surface area is 46.1 Å². The van der Waals surface area contributed by atoms with E-state index in [2.05, 4.69) is 0 Å². The van der Waals surface area contributed by atoms with E-state index in [0.717, 1.165) is 0 Å². The van der Waals surface area contributed by atoms with Crippen molar-refractivity contribution in [3.8, 4) is 0 Å². The van der Waals surface area contributed by atoms with Gasteiger partial charge >= 0.3 is 0 Å². The highest BCUT2D eigenvalue weighted by atomic mass is 28.3. The Morgan fingerprint density at radius 3 is 1.57 bits per heavy atom. The fourth-order valence-electron chi connectivity index (χ4n) is 0. The summed E-state index contributed by atoms with van der Waals surface area (Å²) < 4.78 is 0. The molecular formula is C4H13NOSi. The molecule has 3 heteroatoms. The zero-order valence-electron chi connectivity index (χ0n) is 5.10. The van der Waals surface area contributed by atoms with Crippen LogP contribution < -0.4 is 5.40 Å². The largest absolute Gasteiger partial charge is 0.421 e. The molecule has 0 aliphatic carbocycles. The molecule has 0 aliphatic heterocycles. The first kappa shape index (κ1) is 7.14. The lowest BCUT2D eigenvalue weighted by atomic mass is 10.3. The summed E-state index contributed by atoms with van der Waals surface area (Å²) in [5.74, 6) is 0. The van der Waals surface area contributed by atoms with E-state index in [9.17, 15) is 0 Å². The van der Waals surface area contributed by atoms with Crippen LogP contribution in [-0.4, -0.2) is 14.0 Å². The van der Waals surface area contributed by atoms with E-state index < -0.39 is 9.20 Å². The molecule has 0 aromatic carbocycles. The molecule has 0 saturated carbocycles. The van der Waals surface area contributed by atoms with Crippen LogP contribution in [0.15, 0.2) is 0 Å². The third-order valence-corrected chi connectivity index (χ3v) is 2.66. The van der Waals surface area contributed by atoms with Gasteiger partial charge in [0, 0.05) is 0 Å². The molecule has 7 heavy (non-hydrogen) atoms. The quantitative estimate of drug-likeness (QED) is 0.439. The van der Waals surface area contributed by atoms with Crippen molar-refractivity contribution in [1.82, 2.24) is 0 Å². The van der Waals surface area contributed by atoms with Crippen molar-refractivity contribution in [3.05, 3.63) is 0 Å². The van der Waals surface area contributed by atoms with Gasteiger partial charge in [-0.15, -0.1) is 0 Å². The van der Waals surface area contributed by atoms with Crippen LogP contribution in [0.25, 0.3) is 0 Å². The van der Waals surface area contributed by atoms with Gasteiger partial charge in [-0.1, -0.05) is 20.8 Å². The maximum Gasteiger partial charge on any atom is 0.251 e. The second kappa shape index (κ2) is 1.94. The van der Waals surface area contributed by atoms with Gasteiger partial charge in [0.15, 0.2) is 0 Å². The summed E-state index contributed by atoms with van der Waals surface area (Å²) in [6.07, 6.45) is 0. The van der Waals surface area contributed by atoms with Crippen LogP contribution in [0.5, 0.6) is 0 Å². The molecule has 0 bridgehead atoms. The maximum atomic E-state index is 8.81. The zero-order valence-corrected chi connectivity index (χ0v) is 6.26. The molecule has 0 spiro atoms. The van der Waals surface area contributed by atoms with Crippen molar-refractivity contribution in [2.45, 2.75) is 25.8 Å². The summed E-state index contributed by atoms with van der Waals surface area (Å²) in [7, 11) is -1.86. The number of nitrogens with two attached hydrogens (primary N) is 1. The van der Waals surface area contributed by atoms with E-state index in [4.69, 9.17) is 10.2 Å². The van der Waals surface area contributed by atoms with E-state index in [0.29, 0.717) is 0 Å². The van der Waals surface area contributed by atoms with Gasteiger partial charge in [-0.3, -0.25) is 0 Å². The Balaban J connectivity index is 3.54. The summed E-state index contributed by atoms with van der Waals surface area (Å²) in [5, 5.41) is 5.24. The molecular weight excluding hydrogens is 106 g/mol. The van der Waals surface area contributed by atoms with Gasteiger partial charge in [-0.2, -0.15) is 0 Å². The van der Waals surface area contributed by atoms with Gasteiger partial charge in [0.25, 0.3) is 9.20 Å². The summed E-state index contributed by atoms with van der Waals surface area (Å²) in [5.41, 5.74) is 0. The Bertz CT molecular complexity index is 57.2. The van der Waals surface area contributed by atoms with Crippen molar-refractivity contribution < 1.29 is 4.80 Å². The second-order valence-electron chi connectivity index (χ2n) is 2.81. The minimum atomic E-state index is -1.86. The first-order valence-corrected chi connectivity index (χ1v) is 4.14. The first-order chi connectivity index (χ1) is 2.94. The highest BCUT2D eigenvalue weighted by Gasteiger charge is 2.19. The second-order valence-corrected chi connectivity index (χ2v) is 5.43. The summed E-state index contributed by atoms with van der Waals surface area (Å²) >= 11 is 0. The Hall–Kier alpha value is 0.137. The molecule has 0 radical (unpaired) electrons. The zero-order chi connectivity index (χ0) is 6.08. The number of hydrogen-bond acceptors (Lipinski definition) is 2. The smallest absolute Gasteiger partial charge is 0.251 e. The van der Waals surface area contributed by atoms with E-state index in [1.54, 1.807) is 0 Å². The van der Waals surface area contributed by atoms with Gasteiger partial charge in [0.05, 0.1) is 0 Å². The van der Waals surface area contributed by atoms with Crippen molar-refractivity contribution in [2.75, 3.05) is 0 Å². The predicted molar refractivity (Wildman–Crippen MR) is 33.3 cm³/mol. The molecule has 0 aromatic rings. The molecule has 0 heterocycles. The van der Waals surface area contributed by atoms with Crippen LogP contribution >= 0.6 is 0 Å². The highest BCUT2D eigenvalue weighted by molar-refractivity contribution is 6.50. The summed E-state index contributed by atoms with van der Waals surface area (Å²) in [6.45, 7) is 5.84. The maximum absolute atomic E-state index is 8.81.